The van der Waals surface area contributed by atoms with Crippen molar-refractivity contribution in [2.75, 3.05) is 0 Å². The molecule has 1 aromatic carbocycles. The van der Waals surface area contributed by atoms with Gasteiger partial charge in [-0.2, -0.15) is 0 Å². The van der Waals surface area contributed by atoms with Crippen LogP contribution in [-0.4, -0.2) is 5.11 Å². The Morgan fingerprint density at radius 1 is 1.25 bits per heavy atom. The molecule has 2 heteroatoms. The summed E-state index contributed by atoms with van der Waals surface area (Å²) < 4.78 is 1.04. The van der Waals surface area contributed by atoms with Gasteiger partial charge in [0.2, 0.25) is 0 Å². The van der Waals surface area contributed by atoms with Gasteiger partial charge in [0.05, 0.1) is 6.61 Å². The standard InChI is InChI=1S/C10H13BrO/c1-6-4-9(5-12)10(11)8(3)7(6)2/h4,12H,5H2,1-3H3. The lowest BCUT2D eigenvalue weighted by atomic mass is 10.0. The van der Waals surface area contributed by atoms with Gasteiger partial charge in [0.15, 0.2) is 0 Å². The number of rotatable bonds is 1. The van der Waals surface area contributed by atoms with Gasteiger partial charge >= 0.3 is 0 Å². The molecule has 0 fully saturated rings. The Kier molecular flexibility index (Phi) is 2.91. The molecule has 1 rings (SSSR count). The normalized spacial score (nSPS) is 10.4. The summed E-state index contributed by atoms with van der Waals surface area (Å²) in [5.41, 5.74) is 4.72. The number of aliphatic hydroxyl groups excluding tert-OH is 1. The Morgan fingerprint density at radius 3 is 2.33 bits per heavy atom. The monoisotopic (exact) mass is 228 g/mol. The maximum absolute atomic E-state index is 9.03. The molecule has 0 bridgehead atoms. The first-order valence-corrected chi connectivity index (χ1v) is 4.73. The Balaban J connectivity index is 3.39. The molecular weight excluding hydrogens is 216 g/mol. The van der Waals surface area contributed by atoms with Crippen molar-refractivity contribution in [3.05, 3.63) is 32.8 Å². The van der Waals surface area contributed by atoms with Gasteiger partial charge in [0.25, 0.3) is 0 Å². The van der Waals surface area contributed by atoms with Crippen LogP contribution < -0.4 is 0 Å². The summed E-state index contributed by atoms with van der Waals surface area (Å²) in [5, 5.41) is 9.03. The molecule has 0 aromatic heterocycles. The van der Waals surface area contributed by atoms with Crippen LogP contribution in [0.4, 0.5) is 0 Å². The minimum Gasteiger partial charge on any atom is -0.392 e. The summed E-state index contributed by atoms with van der Waals surface area (Å²) >= 11 is 3.47. The zero-order chi connectivity index (χ0) is 9.30. The van der Waals surface area contributed by atoms with E-state index in [1.807, 2.05) is 6.07 Å². The highest BCUT2D eigenvalue weighted by Crippen LogP contribution is 2.26. The number of aliphatic hydroxyl groups is 1. The van der Waals surface area contributed by atoms with Crippen molar-refractivity contribution in [1.82, 2.24) is 0 Å². The molecule has 0 aliphatic rings. The SMILES string of the molecule is Cc1cc(CO)c(Br)c(C)c1C. The fraction of sp³-hybridized carbons (Fsp3) is 0.400. The van der Waals surface area contributed by atoms with Gasteiger partial charge in [-0.15, -0.1) is 0 Å². The lowest BCUT2D eigenvalue weighted by Crippen LogP contribution is -1.94. The van der Waals surface area contributed by atoms with Gasteiger partial charge in [-0.25, -0.2) is 0 Å². The average Bonchev–Trinajstić information content (AvgIpc) is 2.08. The van der Waals surface area contributed by atoms with E-state index in [-0.39, 0.29) is 6.61 Å². The molecule has 1 N–H and O–H groups in total. The molecule has 0 aliphatic carbocycles. The fourth-order valence-electron chi connectivity index (χ4n) is 1.25. The van der Waals surface area contributed by atoms with Gasteiger partial charge < -0.3 is 5.11 Å². The third kappa shape index (κ3) is 1.54. The first-order chi connectivity index (χ1) is 5.57. The largest absolute Gasteiger partial charge is 0.392 e. The van der Waals surface area contributed by atoms with Crippen molar-refractivity contribution in [3.8, 4) is 0 Å². The second kappa shape index (κ2) is 3.58. The first-order valence-electron chi connectivity index (χ1n) is 3.94. The molecular formula is C10H13BrO. The molecule has 66 valence electrons. The van der Waals surface area contributed by atoms with E-state index in [1.54, 1.807) is 0 Å². The van der Waals surface area contributed by atoms with Crippen LogP contribution in [0.5, 0.6) is 0 Å². The van der Waals surface area contributed by atoms with E-state index in [0.29, 0.717) is 0 Å². The number of benzene rings is 1. The number of aryl methyl sites for hydroxylation is 1. The third-order valence-corrected chi connectivity index (χ3v) is 3.43. The molecule has 0 spiro atoms. The van der Waals surface area contributed by atoms with Crippen LogP contribution in [0, 0.1) is 20.8 Å². The molecule has 12 heavy (non-hydrogen) atoms. The summed E-state index contributed by atoms with van der Waals surface area (Å²) in [6.07, 6.45) is 0. The van der Waals surface area contributed by atoms with Crippen LogP contribution in [0.2, 0.25) is 0 Å². The van der Waals surface area contributed by atoms with E-state index in [0.717, 1.165) is 10.0 Å². The quantitative estimate of drug-likeness (QED) is 0.784. The van der Waals surface area contributed by atoms with Gasteiger partial charge in [0.1, 0.15) is 0 Å². The van der Waals surface area contributed by atoms with Crippen molar-refractivity contribution in [3.63, 3.8) is 0 Å². The molecule has 0 unspecified atom stereocenters. The van der Waals surface area contributed by atoms with Crippen molar-refractivity contribution >= 4 is 15.9 Å². The van der Waals surface area contributed by atoms with Crippen molar-refractivity contribution in [2.24, 2.45) is 0 Å². The highest BCUT2D eigenvalue weighted by atomic mass is 79.9. The van der Waals surface area contributed by atoms with Gasteiger partial charge in [-0.05, 0) is 43.0 Å². The summed E-state index contributed by atoms with van der Waals surface area (Å²) in [6.45, 7) is 6.32. The van der Waals surface area contributed by atoms with Crippen LogP contribution in [0.25, 0.3) is 0 Å². The highest BCUT2D eigenvalue weighted by molar-refractivity contribution is 9.10. The van der Waals surface area contributed by atoms with E-state index in [4.69, 9.17) is 5.11 Å². The van der Waals surface area contributed by atoms with E-state index >= 15 is 0 Å². The van der Waals surface area contributed by atoms with E-state index in [1.165, 1.54) is 16.7 Å². The lowest BCUT2D eigenvalue weighted by molar-refractivity contribution is 0.281. The topological polar surface area (TPSA) is 20.2 Å². The molecule has 0 saturated carbocycles. The van der Waals surface area contributed by atoms with Crippen molar-refractivity contribution < 1.29 is 5.11 Å². The lowest BCUT2D eigenvalue weighted by Gasteiger charge is -2.10. The molecule has 1 aromatic rings. The van der Waals surface area contributed by atoms with E-state index in [9.17, 15) is 0 Å². The molecule has 0 aliphatic heterocycles. The molecule has 0 heterocycles. The van der Waals surface area contributed by atoms with Gasteiger partial charge in [0, 0.05) is 4.47 Å². The van der Waals surface area contributed by atoms with Crippen molar-refractivity contribution in [2.45, 2.75) is 27.4 Å². The Labute approximate surface area is 81.6 Å². The smallest absolute Gasteiger partial charge is 0.0693 e. The van der Waals surface area contributed by atoms with Crippen LogP contribution >= 0.6 is 15.9 Å². The van der Waals surface area contributed by atoms with Crippen LogP contribution in [0.3, 0.4) is 0 Å². The Hall–Kier alpha value is -0.340. The predicted molar refractivity (Wildman–Crippen MR) is 54.3 cm³/mol. The van der Waals surface area contributed by atoms with E-state index in [2.05, 4.69) is 36.7 Å². The summed E-state index contributed by atoms with van der Waals surface area (Å²) in [5.74, 6) is 0. The van der Waals surface area contributed by atoms with Crippen LogP contribution in [0.1, 0.15) is 22.3 Å². The maximum Gasteiger partial charge on any atom is 0.0693 e. The van der Waals surface area contributed by atoms with Crippen LogP contribution in [0.15, 0.2) is 10.5 Å². The molecule has 0 saturated heterocycles. The molecule has 1 nitrogen and oxygen atoms in total. The van der Waals surface area contributed by atoms with Gasteiger partial charge in [-0.1, -0.05) is 22.0 Å². The maximum atomic E-state index is 9.03. The van der Waals surface area contributed by atoms with E-state index < -0.39 is 0 Å². The number of hydrogen-bond donors (Lipinski definition) is 1. The minimum absolute atomic E-state index is 0.0997. The minimum atomic E-state index is 0.0997. The highest BCUT2D eigenvalue weighted by Gasteiger charge is 2.06. The van der Waals surface area contributed by atoms with Crippen LogP contribution in [-0.2, 0) is 6.61 Å². The van der Waals surface area contributed by atoms with Crippen molar-refractivity contribution in [1.29, 1.82) is 0 Å². The number of hydrogen-bond acceptors (Lipinski definition) is 1. The summed E-state index contributed by atoms with van der Waals surface area (Å²) in [6, 6.07) is 2.02. The second-order valence-corrected chi connectivity index (χ2v) is 3.87. The molecule has 0 radical (unpaired) electrons. The summed E-state index contributed by atoms with van der Waals surface area (Å²) in [7, 11) is 0. The van der Waals surface area contributed by atoms with Gasteiger partial charge in [-0.3, -0.25) is 0 Å². The molecule has 0 atom stereocenters. The fourth-order valence-corrected chi connectivity index (χ4v) is 1.79. The molecule has 0 amide bonds. The predicted octanol–water partition coefficient (Wildman–Crippen LogP) is 2.87. The Bertz CT molecular complexity index is 305. The third-order valence-electron chi connectivity index (χ3n) is 2.33. The average molecular weight is 229 g/mol. The zero-order valence-electron chi connectivity index (χ0n) is 7.61. The second-order valence-electron chi connectivity index (χ2n) is 3.07. The zero-order valence-corrected chi connectivity index (χ0v) is 9.20. The first kappa shape index (κ1) is 9.75. The summed E-state index contributed by atoms with van der Waals surface area (Å²) in [4.78, 5) is 0. The Morgan fingerprint density at radius 2 is 1.83 bits per heavy atom. The number of halogens is 1.